The van der Waals surface area contributed by atoms with Gasteiger partial charge in [0.15, 0.2) is 5.75 Å². The highest BCUT2D eigenvalue weighted by atomic mass is 16.5. The number of para-hydroxylation sites is 1. The van der Waals surface area contributed by atoms with Crippen molar-refractivity contribution in [1.29, 1.82) is 0 Å². The van der Waals surface area contributed by atoms with Gasteiger partial charge in [-0.05, 0) is 20.2 Å². The van der Waals surface area contributed by atoms with Crippen molar-refractivity contribution in [2.45, 2.75) is 13.1 Å². The van der Waals surface area contributed by atoms with E-state index < -0.39 is 0 Å². The van der Waals surface area contributed by atoms with Crippen LogP contribution in [0.15, 0.2) is 41.3 Å². The third kappa shape index (κ3) is 3.64. The quantitative estimate of drug-likeness (QED) is 0.909. The molecule has 2 rings (SSSR count). The molecule has 0 radical (unpaired) electrons. The van der Waals surface area contributed by atoms with Gasteiger partial charge in [-0.25, -0.2) is 0 Å². The van der Waals surface area contributed by atoms with Crippen molar-refractivity contribution < 1.29 is 9.84 Å². The van der Waals surface area contributed by atoms with Gasteiger partial charge in [0.1, 0.15) is 5.75 Å². The molecule has 0 spiro atoms. The Labute approximate surface area is 124 Å². The van der Waals surface area contributed by atoms with Crippen molar-refractivity contribution in [3.8, 4) is 11.5 Å². The Hall–Kier alpha value is -2.27. The lowest BCUT2D eigenvalue weighted by molar-refractivity contribution is 0.381. The van der Waals surface area contributed by atoms with Crippen molar-refractivity contribution in [3.05, 3.63) is 58.0 Å². The second-order valence-electron chi connectivity index (χ2n) is 5.19. The van der Waals surface area contributed by atoms with E-state index in [0.29, 0.717) is 13.1 Å². The minimum Gasteiger partial charge on any atom is -0.503 e. The minimum absolute atomic E-state index is 0.243. The summed E-state index contributed by atoms with van der Waals surface area (Å²) in [5, 5.41) is 9.68. The van der Waals surface area contributed by atoms with Gasteiger partial charge in [-0.15, -0.1) is 0 Å². The van der Waals surface area contributed by atoms with E-state index in [9.17, 15) is 9.90 Å². The van der Waals surface area contributed by atoms with Crippen LogP contribution in [-0.4, -0.2) is 35.8 Å². The molecule has 21 heavy (non-hydrogen) atoms. The first kappa shape index (κ1) is 15.1. The second kappa shape index (κ2) is 6.45. The molecule has 0 saturated heterocycles. The molecule has 5 nitrogen and oxygen atoms in total. The Kier molecular flexibility index (Phi) is 4.65. The van der Waals surface area contributed by atoms with Crippen molar-refractivity contribution in [2.24, 2.45) is 0 Å². The van der Waals surface area contributed by atoms with Gasteiger partial charge < -0.3 is 19.3 Å². The highest BCUT2D eigenvalue weighted by molar-refractivity contribution is 5.34. The fraction of sp³-hybridized carbons (Fsp3) is 0.312. The fourth-order valence-corrected chi connectivity index (χ4v) is 2.23. The molecule has 0 bridgehead atoms. The molecule has 5 heteroatoms. The van der Waals surface area contributed by atoms with Gasteiger partial charge >= 0.3 is 0 Å². The minimum atomic E-state index is -0.358. The van der Waals surface area contributed by atoms with E-state index in [-0.39, 0.29) is 11.2 Å². The Morgan fingerprint density at radius 2 is 2.00 bits per heavy atom. The SMILES string of the molecule is COc1ccccc1Cn1cc(O)c(=O)cc1CN(C)C. The largest absolute Gasteiger partial charge is 0.503 e. The summed E-state index contributed by atoms with van der Waals surface area (Å²) in [4.78, 5) is 13.6. The lowest BCUT2D eigenvalue weighted by Gasteiger charge is -2.18. The third-order valence-corrected chi connectivity index (χ3v) is 3.21. The smallest absolute Gasteiger partial charge is 0.223 e. The van der Waals surface area contributed by atoms with Crippen LogP contribution >= 0.6 is 0 Å². The van der Waals surface area contributed by atoms with Crippen LogP contribution in [0.4, 0.5) is 0 Å². The van der Waals surface area contributed by atoms with E-state index in [1.54, 1.807) is 7.11 Å². The van der Waals surface area contributed by atoms with E-state index in [1.807, 2.05) is 47.8 Å². The maximum Gasteiger partial charge on any atom is 0.223 e. The molecule has 0 atom stereocenters. The molecule has 0 fully saturated rings. The summed E-state index contributed by atoms with van der Waals surface area (Å²) < 4.78 is 7.21. The first-order valence-electron chi connectivity index (χ1n) is 6.70. The summed E-state index contributed by atoms with van der Waals surface area (Å²) in [7, 11) is 5.50. The van der Waals surface area contributed by atoms with Crippen LogP contribution in [0, 0.1) is 0 Å². The van der Waals surface area contributed by atoms with Crippen LogP contribution in [0.3, 0.4) is 0 Å². The standard InChI is InChI=1S/C16H20N2O3/c1-17(2)10-13-8-14(19)15(20)11-18(13)9-12-6-4-5-7-16(12)21-3/h4-8,11,20H,9-10H2,1-3H3. The molecule has 1 aromatic heterocycles. The monoisotopic (exact) mass is 288 g/mol. The van der Waals surface area contributed by atoms with Crippen LogP contribution in [-0.2, 0) is 13.1 Å². The summed E-state index contributed by atoms with van der Waals surface area (Å²) in [6.07, 6.45) is 1.48. The zero-order chi connectivity index (χ0) is 15.4. The van der Waals surface area contributed by atoms with E-state index in [4.69, 9.17) is 4.74 Å². The summed E-state index contributed by atoms with van der Waals surface area (Å²) in [6, 6.07) is 9.18. The lowest BCUT2D eigenvalue weighted by Crippen LogP contribution is -2.19. The van der Waals surface area contributed by atoms with Gasteiger partial charge in [0.05, 0.1) is 19.9 Å². The van der Waals surface area contributed by atoms with Crippen molar-refractivity contribution in [2.75, 3.05) is 21.2 Å². The highest BCUT2D eigenvalue weighted by Gasteiger charge is 2.09. The molecular weight excluding hydrogens is 268 g/mol. The normalized spacial score (nSPS) is 10.9. The summed E-state index contributed by atoms with van der Waals surface area (Å²) in [6.45, 7) is 1.14. The number of nitrogens with zero attached hydrogens (tertiary/aromatic N) is 2. The molecule has 1 N–H and O–H groups in total. The predicted molar refractivity (Wildman–Crippen MR) is 81.9 cm³/mol. The second-order valence-corrected chi connectivity index (χ2v) is 5.19. The van der Waals surface area contributed by atoms with Crippen LogP contribution < -0.4 is 10.2 Å². The summed E-state index contributed by atoms with van der Waals surface area (Å²) in [5.74, 6) is 0.541. The fourth-order valence-electron chi connectivity index (χ4n) is 2.23. The number of aromatic nitrogens is 1. The van der Waals surface area contributed by atoms with Gasteiger partial charge in [-0.2, -0.15) is 0 Å². The first-order valence-corrected chi connectivity index (χ1v) is 6.70. The van der Waals surface area contributed by atoms with E-state index in [0.717, 1.165) is 17.0 Å². The van der Waals surface area contributed by atoms with Crippen LogP contribution in [0.1, 0.15) is 11.3 Å². The Balaban J connectivity index is 2.42. The third-order valence-electron chi connectivity index (χ3n) is 3.21. The molecule has 1 heterocycles. The van der Waals surface area contributed by atoms with E-state index in [1.165, 1.54) is 12.3 Å². The molecule has 0 unspecified atom stereocenters. The van der Waals surface area contributed by atoms with E-state index in [2.05, 4.69) is 0 Å². The van der Waals surface area contributed by atoms with Crippen molar-refractivity contribution >= 4 is 0 Å². The number of methoxy groups -OCH3 is 1. The van der Waals surface area contributed by atoms with Crippen molar-refractivity contribution in [1.82, 2.24) is 9.47 Å². The topological polar surface area (TPSA) is 54.7 Å². The molecule has 0 amide bonds. The molecule has 0 saturated carbocycles. The highest BCUT2D eigenvalue weighted by Crippen LogP contribution is 2.20. The van der Waals surface area contributed by atoms with Gasteiger partial charge in [-0.3, -0.25) is 4.79 Å². The number of aromatic hydroxyl groups is 1. The Morgan fingerprint density at radius 1 is 1.29 bits per heavy atom. The Bertz CT molecular complexity index is 677. The average Bonchev–Trinajstić information content (AvgIpc) is 2.44. The molecule has 0 aliphatic heterocycles. The van der Waals surface area contributed by atoms with E-state index >= 15 is 0 Å². The molecule has 2 aromatic rings. The number of pyridine rings is 1. The lowest BCUT2D eigenvalue weighted by atomic mass is 10.2. The Morgan fingerprint density at radius 3 is 2.67 bits per heavy atom. The number of hydrogen-bond acceptors (Lipinski definition) is 4. The van der Waals surface area contributed by atoms with Gasteiger partial charge in [-0.1, -0.05) is 18.2 Å². The summed E-state index contributed by atoms with van der Waals surface area (Å²) in [5.41, 5.74) is 1.47. The molecule has 0 aliphatic rings. The van der Waals surface area contributed by atoms with Crippen LogP contribution in [0.5, 0.6) is 11.5 Å². The average molecular weight is 288 g/mol. The molecule has 112 valence electrons. The van der Waals surface area contributed by atoms with Crippen LogP contribution in [0.25, 0.3) is 0 Å². The number of ether oxygens (including phenoxy) is 1. The number of benzene rings is 1. The zero-order valence-corrected chi connectivity index (χ0v) is 12.5. The number of rotatable bonds is 5. The number of hydrogen-bond donors (Lipinski definition) is 1. The molecular formula is C16H20N2O3. The maximum atomic E-state index is 11.6. The van der Waals surface area contributed by atoms with Gasteiger partial charge in [0, 0.05) is 23.9 Å². The van der Waals surface area contributed by atoms with Crippen LogP contribution in [0.2, 0.25) is 0 Å². The maximum absolute atomic E-state index is 11.6. The molecule has 0 aliphatic carbocycles. The summed E-state index contributed by atoms with van der Waals surface area (Å²) >= 11 is 0. The van der Waals surface area contributed by atoms with Gasteiger partial charge in [0.25, 0.3) is 0 Å². The zero-order valence-electron chi connectivity index (χ0n) is 12.5. The van der Waals surface area contributed by atoms with Crippen molar-refractivity contribution in [3.63, 3.8) is 0 Å². The first-order chi connectivity index (χ1) is 10.0. The van der Waals surface area contributed by atoms with Gasteiger partial charge in [0.2, 0.25) is 5.43 Å². The predicted octanol–water partition coefficient (Wildman–Crippen LogP) is 1.67. The molecule has 1 aromatic carbocycles.